The number of amides is 2. The summed E-state index contributed by atoms with van der Waals surface area (Å²) in [6.45, 7) is 0. The van der Waals surface area contributed by atoms with Gasteiger partial charge in [-0.2, -0.15) is 0 Å². The Morgan fingerprint density at radius 3 is 2.36 bits per heavy atom. The summed E-state index contributed by atoms with van der Waals surface area (Å²) in [6, 6.07) is 14.3. The Morgan fingerprint density at radius 2 is 1.64 bits per heavy atom. The molecular formula is C18H14FN5O2S2. The van der Waals surface area contributed by atoms with Gasteiger partial charge in [0.25, 0.3) is 11.8 Å². The molecule has 10 heteroatoms. The molecule has 4 N–H and O–H groups in total. The van der Waals surface area contributed by atoms with Gasteiger partial charge in [0.2, 0.25) is 0 Å². The van der Waals surface area contributed by atoms with E-state index in [0.717, 1.165) is 17.0 Å². The van der Waals surface area contributed by atoms with Crippen LogP contribution in [0.3, 0.4) is 0 Å². The van der Waals surface area contributed by atoms with Gasteiger partial charge < -0.3 is 5.32 Å². The summed E-state index contributed by atoms with van der Waals surface area (Å²) in [5.41, 5.74) is 6.09. The Morgan fingerprint density at radius 1 is 0.929 bits per heavy atom. The molecule has 28 heavy (non-hydrogen) atoms. The summed E-state index contributed by atoms with van der Waals surface area (Å²) < 4.78 is 12.9. The molecule has 0 aliphatic heterocycles. The maximum Gasteiger partial charge on any atom is 0.281 e. The lowest BCUT2D eigenvalue weighted by Crippen LogP contribution is -2.43. The lowest BCUT2D eigenvalue weighted by atomic mass is 10.2. The standard InChI is InChI=1S/C18H14FN5O2S2/c19-12-8-6-11(7-9-12)15(25)22-18-20-10-14(28-18)16(26)23-24-17(27)21-13-4-2-1-3-5-13/h1-10H,(H,23,26)(H,20,22,25)(H2,21,24,27). The minimum atomic E-state index is -0.461. The van der Waals surface area contributed by atoms with Crippen LogP contribution in [0, 0.1) is 5.82 Å². The van der Waals surface area contributed by atoms with Crippen LogP contribution in [0.25, 0.3) is 0 Å². The van der Waals surface area contributed by atoms with Crippen LogP contribution in [0.15, 0.2) is 60.8 Å². The molecule has 1 heterocycles. The number of carbonyl (C=O) groups excluding carboxylic acids is 2. The zero-order valence-electron chi connectivity index (χ0n) is 14.2. The van der Waals surface area contributed by atoms with Gasteiger partial charge in [0, 0.05) is 11.3 Å². The van der Waals surface area contributed by atoms with Crippen LogP contribution >= 0.6 is 23.6 Å². The van der Waals surface area contributed by atoms with E-state index in [2.05, 4.69) is 26.5 Å². The first kappa shape index (κ1) is 19.4. The molecule has 2 amide bonds. The average molecular weight is 415 g/mol. The summed E-state index contributed by atoms with van der Waals surface area (Å²) in [7, 11) is 0. The van der Waals surface area contributed by atoms with Gasteiger partial charge in [-0.15, -0.1) is 0 Å². The third kappa shape index (κ3) is 5.32. The van der Waals surface area contributed by atoms with Crippen molar-refractivity contribution in [3.05, 3.63) is 77.1 Å². The van der Waals surface area contributed by atoms with E-state index in [4.69, 9.17) is 12.2 Å². The highest BCUT2D eigenvalue weighted by molar-refractivity contribution is 7.80. The van der Waals surface area contributed by atoms with E-state index in [-0.39, 0.29) is 20.7 Å². The topological polar surface area (TPSA) is 95.2 Å². The molecule has 0 spiro atoms. The van der Waals surface area contributed by atoms with Crippen molar-refractivity contribution in [2.24, 2.45) is 0 Å². The SMILES string of the molecule is O=C(Nc1ncc(C(=O)NNC(=S)Nc2ccccc2)s1)c1ccc(F)cc1. The van der Waals surface area contributed by atoms with Crippen molar-refractivity contribution in [1.29, 1.82) is 0 Å². The van der Waals surface area contributed by atoms with Crippen molar-refractivity contribution in [1.82, 2.24) is 15.8 Å². The van der Waals surface area contributed by atoms with Crippen LogP contribution in [0.4, 0.5) is 15.2 Å². The van der Waals surface area contributed by atoms with Gasteiger partial charge in [0.05, 0.1) is 6.20 Å². The fourth-order valence-electron chi connectivity index (χ4n) is 2.07. The smallest absolute Gasteiger partial charge is 0.281 e. The number of hydrogen-bond donors (Lipinski definition) is 4. The molecule has 142 valence electrons. The predicted molar refractivity (Wildman–Crippen MR) is 110 cm³/mol. The normalized spacial score (nSPS) is 10.0. The molecule has 0 atom stereocenters. The average Bonchev–Trinajstić information content (AvgIpc) is 3.16. The number of nitrogens with one attached hydrogen (secondary N) is 4. The summed E-state index contributed by atoms with van der Waals surface area (Å²) >= 11 is 6.09. The fraction of sp³-hybridized carbons (Fsp3) is 0. The Bertz CT molecular complexity index is 993. The largest absolute Gasteiger partial charge is 0.331 e. The lowest BCUT2D eigenvalue weighted by molar-refractivity contribution is 0.0947. The van der Waals surface area contributed by atoms with Crippen LogP contribution in [0.5, 0.6) is 0 Å². The third-order valence-electron chi connectivity index (χ3n) is 3.38. The number of aromatic nitrogens is 1. The van der Waals surface area contributed by atoms with E-state index < -0.39 is 17.6 Å². The number of thiocarbonyl (C=S) groups is 1. The van der Waals surface area contributed by atoms with Crippen molar-refractivity contribution in [2.45, 2.75) is 0 Å². The monoisotopic (exact) mass is 415 g/mol. The summed E-state index contributed by atoms with van der Waals surface area (Å²) in [5, 5.41) is 5.93. The molecule has 0 saturated carbocycles. The molecule has 3 aromatic rings. The van der Waals surface area contributed by atoms with Gasteiger partial charge in [-0.1, -0.05) is 29.5 Å². The van der Waals surface area contributed by atoms with Crippen LogP contribution in [-0.4, -0.2) is 21.9 Å². The molecule has 7 nitrogen and oxygen atoms in total. The Balaban J connectivity index is 1.51. The van der Waals surface area contributed by atoms with Crippen molar-refractivity contribution in [2.75, 3.05) is 10.6 Å². The first-order valence-corrected chi connectivity index (χ1v) is 9.19. The van der Waals surface area contributed by atoms with E-state index >= 15 is 0 Å². The number of benzene rings is 2. The van der Waals surface area contributed by atoms with Crippen LogP contribution in [-0.2, 0) is 0 Å². The van der Waals surface area contributed by atoms with Gasteiger partial charge >= 0.3 is 0 Å². The number of carbonyl (C=O) groups is 2. The number of nitrogens with zero attached hydrogens (tertiary/aromatic N) is 1. The Hall–Kier alpha value is -3.37. The molecule has 0 unspecified atom stereocenters. The lowest BCUT2D eigenvalue weighted by Gasteiger charge is -2.10. The minimum Gasteiger partial charge on any atom is -0.331 e. The molecule has 0 bridgehead atoms. The number of para-hydroxylation sites is 1. The fourth-order valence-corrected chi connectivity index (χ4v) is 2.94. The summed E-state index contributed by atoms with van der Waals surface area (Å²) in [6.07, 6.45) is 1.33. The molecule has 0 aliphatic carbocycles. The van der Waals surface area contributed by atoms with Crippen molar-refractivity contribution >= 4 is 51.3 Å². The molecule has 1 aromatic heterocycles. The highest BCUT2D eigenvalue weighted by Crippen LogP contribution is 2.18. The molecule has 0 radical (unpaired) electrons. The zero-order chi connectivity index (χ0) is 19.9. The number of rotatable bonds is 4. The van der Waals surface area contributed by atoms with Crippen LogP contribution < -0.4 is 21.5 Å². The van der Waals surface area contributed by atoms with Crippen molar-refractivity contribution in [3.63, 3.8) is 0 Å². The second-order valence-corrected chi connectivity index (χ2v) is 6.83. The number of anilines is 2. The van der Waals surface area contributed by atoms with Crippen LogP contribution in [0.1, 0.15) is 20.0 Å². The van der Waals surface area contributed by atoms with Crippen molar-refractivity contribution in [3.8, 4) is 0 Å². The second kappa shape index (κ2) is 9.02. The third-order valence-corrected chi connectivity index (χ3v) is 4.49. The maximum absolute atomic E-state index is 12.9. The molecule has 3 rings (SSSR count). The number of halogens is 1. The number of thiazole rings is 1. The van der Waals surface area contributed by atoms with E-state index in [0.29, 0.717) is 0 Å². The first-order valence-electron chi connectivity index (χ1n) is 7.96. The first-order chi connectivity index (χ1) is 13.5. The van der Waals surface area contributed by atoms with Gasteiger partial charge in [-0.3, -0.25) is 25.8 Å². The Labute approximate surface area is 169 Å². The minimum absolute atomic E-state index is 0.217. The number of hydrazine groups is 1. The van der Waals surface area contributed by atoms with Gasteiger partial charge in [0.15, 0.2) is 10.2 Å². The van der Waals surface area contributed by atoms with E-state index in [1.54, 1.807) is 0 Å². The van der Waals surface area contributed by atoms with Gasteiger partial charge in [-0.05, 0) is 48.6 Å². The highest BCUT2D eigenvalue weighted by Gasteiger charge is 2.13. The molecule has 2 aromatic carbocycles. The predicted octanol–water partition coefficient (Wildman–Crippen LogP) is 3.17. The van der Waals surface area contributed by atoms with E-state index in [1.165, 1.54) is 30.5 Å². The van der Waals surface area contributed by atoms with E-state index in [9.17, 15) is 14.0 Å². The molecule has 0 aliphatic rings. The van der Waals surface area contributed by atoms with Gasteiger partial charge in [0.1, 0.15) is 10.7 Å². The summed E-state index contributed by atoms with van der Waals surface area (Å²) in [4.78, 5) is 28.5. The molecule has 0 fully saturated rings. The maximum atomic E-state index is 12.9. The second-order valence-electron chi connectivity index (χ2n) is 5.39. The van der Waals surface area contributed by atoms with Crippen LogP contribution in [0.2, 0.25) is 0 Å². The van der Waals surface area contributed by atoms with E-state index in [1.807, 2.05) is 30.3 Å². The quantitative estimate of drug-likeness (QED) is 0.386. The summed E-state index contributed by atoms with van der Waals surface area (Å²) in [5.74, 6) is -1.35. The van der Waals surface area contributed by atoms with Crippen molar-refractivity contribution < 1.29 is 14.0 Å². The molecular weight excluding hydrogens is 401 g/mol. The Kier molecular flexibility index (Phi) is 6.25. The zero-order valence-corrected chi connectivity index (χ0v) is 15.9. The van der Waals surface area contributed by atoms with Gasteiger partial charge in [-0.25, -0.2) is 9.37 Å². The number of hydrogen-bond acceptors (Lipinski definition) is 5. The molecule has 0 saturated heterocycles. The highest BCUT2D eigenvalue weighted by atomic mass is 32.1.